The lowest BCUT2D eigenvalue weighted by Gasteiger charge is -2.02. The zero-order chi connectivity index (χ0) is 10.2. The molecule has 3 N–H and O–H groups in total. The Hall–Kier alpha value is -0.630. The predicted molar refractivity (Wildman–Crippen MR) is 66.6 cm³/mol. The largest absolute Gasteiger partial charge is 0.398 e. The van der Waals surface area contributed by atoms with Gasteiger partial charge in [-0.2, -0.15) is 0 Å². The van der Waals surface area contributed by atoms with Gasteiger partial charge >= 0.3 is 0 Å². The maximum absolute atomic E-state index is 5.74. The number of rotatable bonds is 6. The Morgan fingerprint density at radius 1 is 1.64 bits per heavy atom. The number of hydrogen-bond donors (Lipinski definition) is 2. The first-order valence-corrected chi connectivity index (χ1v) is 6.42. The van der Waals surface area contributed by atoms with E-state index in [0.717, 1.165) is 30.3 Å². The quantitative estimate of drug-likeness (QED) is 0.574. The van der Waals surface area contributed by atoms with Gasteiger partial charge in [0.25, 0.3) is 0 Å². The minimum Gasteiger partial charge on any atom is -0.398 e. The molecule has 4 heteroatoms. The third kappa shape index (κ3) is 4.05. The second-order valence-corrected chi connectivity index (χ2v) is 4.84. The van der Waals surface area contributed by atoms with Crippen molar-refractivity contribution in [2.75, 3.05) is 23.8 Å². The summed E-state index contributed by atoms with van der Waals surface area (Å²) in [5.74, 6) is 4.44. The Morgan fingerprint density at radius 2 is 2.50 bits per heavy atom. The van der Waals surface area contributed by atoms with Crippen molar-refractivity contribution in [3.63, 3.8) is 0 Å². The fourth-order valence-electron chi connectivity index (χ4n) is 0.972. The van der Waals surface area contributed by atoms with E-state index in [1.165, 1.54) is 4.88 Å². The van der Waals surface area contributed by atoms with E-state index < -0.39 is 0 Å². The fraction of sp³-hybridized carbons (Fsp3) is 0.400. The van der Waals surface area contributed by atoms with E-state index in [1.54, 1.807) is 23.1 Å². The molecule has 0 bridgehead atoms. The second kappa shape index (κ2) is 6.77. The van der Waals surface area contributed by atoms with Gasteiger partial charge in [0.05, 0.1) is 5.75 Å². The Kier molecular flexibility index (Phi) is 5.53. The van der Waals surface area contributed by atoms with Crippen LogP contribution in [0.25, 0.3) is 0 Å². The average Bonchev–Trinajstić information content (AvgIpc) is 2.58. The summed E-state index contributed by atoms with van der Waals surface area (Å²) in [6, 6.07) is 1.94. The van der Waals surface area contributed by atoms with E-state index in [4.69, 9.17) is 12.2 Å². The molecule has 76 valence electrons. The molecular formula is C10H14N2S2. The zero-order valence-corrected chi connectivity index (χ0v) is 9.59. The zero-order valence-electron chi connectivity index (χ0n) is 7.95. The molecule has 0 unspecified atom stereocenters. The van der Waals surface area contributed by atoms with Crippen molar-refractivity contribution in [2.45, 2.75) is 6.54 Å². The van der Waals surface area contributed by atoms with E-state index >= 15 is 0 Å². The summed E-state index contributed by atoms with van der Waals surface area (Å²) in [4.78, 5) is 1.21. The molecule has 1 aromatic heterocycles. The minimum atomic E-state index is 0.794. The fourth-order valence-corrected chi connectivity index (χ4v) is 2.29. The van der Waals surface area contributed by atoms with Gasteiger partial charge in [-0.1, -0.05) is 5.92 Å². The summed E-state index contributed by atoms with van der Waals surface area (Å²) in [7, 11) is 0. The van der Waals surface area contributed by atoms with Crippen LogP contribution in [0, 0.1) is 12.3 Å². The molecule has 0 aliphatic rings. The van der Waals surface area contributed by atoms with Crippen molar-refractivity contribution >= 4 is 28.8 Å². The first-order chi connectivity index (χ1) is 6.84. The van der Waals surface area contributed by atoms with Gasteiger partial charge in [0.15, 0.2) is 0 Å². The Balaban J connectivity index is 2.05. The molecule has 0 atom stereocenters. The number of hydrogen-bond acceptors (Lipinski definition) is 4. The van der Waals surface area contributed by atoms with Crippen LogP contribution in [0.15, 0.2) is 11.4 Å². The van der Waals surface area contributed by atoms with E-state index in [0.29, 0.717) is 0 Å². The highest BCUT2D eigenvalue weighted by molar-refractivity contribution is 7.99. The van der Waals surface area contributed by atoms with Crippen LogP contribution in [0.2, 0.25) is 0 Å². The summed E-state index contributed by atoms with van der Waals surface area (Å²) in [6.45, 7) is 1.84. The van der Waals surface area contributed by atoms with Crippen molar-refractivity contribution in [3.8, 4) is 12.3 Å². The number of terminal acetylenes is 1. The van der Waals surface area contributed by atoms with Crippen LogP contribution in [-0.4, -0.2) is 18.1 Å². The van der Waals surface area contributed by atoms with Crippen molar-refractivity contribution in [1.29, 1.82) is 0 Å². The van der Waals surface area contributed by atoms with Crippen molar-refractivity contribution in [2.24, 2.45) is 0 Å². The summed E-state index contributed by atoms with van der Waals surface area (Å²) in [5, 5.41) is 5.34. The molecule has 1 rings (SSSR count). The molecule has 0 aliphatic heterocycles. The molecular weight excluding hydrogens is 212 g/mol. The third-order valence-corrected chi connectivity index (χ3v) is 3.47. The number of thioether (sulfide) groups is 1. The molecule has 14 heavy (non-hydrogen) atoms. The third-order valence-electron chi connectivity index (χ3n) is 1.67. The molecule has 0 fully saturated rings. The van der Waals surface area contributed by atoms with Gasteiger partial charge in [-0.25, -0.2) is 0 Å². The Labute approximate surface area is 93.3 Å². The van der Waals surface area contributed by atoms with Crippen LogP contribution in [0.4, 0.5) is 5.69 Å². The standard InChI is InChI=1S/C10H14N2S2/c1-2-5-13-7-4-12-8-10-9(11)3-6-14-10/h1,3,6,12H,4-5,7-8,11H2. The highest BCUT2D eigenvalue weighted by atomic mass is 32.2. The van der Waals surface area contributed by atoms with Crippen LogP contribution in [0.5, 0.6) is 0 Å². The normalized spacial score (nSPS) is 9.93. The van der Waals surface area contributed by atoms with Gasteiger partial charge in [0.2, 0.25) is 0 Å². The van der Waals surface area contributed by atoms with Gasteiger partial charge in [-0.3, -0.25) is 0 Å². The van der Waals surface area contributed by atoms with Crippen molar-refractivity contribution in [3.05, 3.63) is 16.3 Å². The first-order valence-electron chi connectivity index (χ1n) is 4.38. The number of nitrogens with two attached hydrogens (primary N) is 1. The van der Waals surface area contributed by atoms with E-state index in [2.05, 4.69) is 11.2 Å². The van der Waals surface area contributed by atoms with Crippen LogP contribution >= 0.6 is 23.1 Å². The molecule has 0 spiro atoms. The van der Waals surface area contributed by atoms with Crippen LogP contribution in [-0.2, 0) is 6.54 Å². The predicted octanol–water partition coefficient (Wildman–Crippen LogP) is 1.79. The number of nitrogen functional groups attached to an aromatic ring is 1. The molecule has 0 saturated heterocycles. The first kappa shape index (κ1) is 11.4. The number of nitrogens with one attached hydrogen (secondary N) is 1. The minimum absolute atomic E-state index is 0.794. The maximum Gasteiger partial charge on any atom is 0.0545 e. The van der Waals surface area contributed by atoms with Crippen LogP contribution in [0.3, 0.4) is 0 Å². The Bertz CT molecular complexity index is 301. The maximum atomic E-state index is 5.74. The van der Waals surface area contributed by atoms with Crippen molar-refractivity contribution in [1.82, 2.24) is 5.32 Å². The molecule has 0 amide bonds. The highest BCUT2D eigenvalue weighted by Crippen LogP contribution is 2.17. The average molecular weight is 226 g/mol. The summed E-state index contributed by atoms with van der Waals surface area (Å²) < 4.78 is 0. The van der Waals surface area contributed by atoms with Crippen LogP contribution < -0.4 is 11.1 Å². The molecule has 0 saturated carbocycles. The second-order valence-electron chi connectivity index (χ2n) is 2.73. The van der Waals surface area contributed by atoms with Gasteiger partial charge in [0.1, 0.15) is 0 Å². The summed E-state index contributed by atoms with van der Waals surface area (Å²) in [6.07, 6.45) is 5.13. The lowest BCUT2D eigenvalue weighted by molar-refractivity contribution is 0.742. The lowest BCUT2D eigenvalue weighted by atomic mass is 10.4. The monoisotopic (exact) mass is 226 g/mol. The van der Waals surface area contributed by atoms with E-state index in [-0.39, 0.29) is 0 Å². The molecule has 1 heterocycles. The van der Waals surface area contributed by atoms with Crippen molar-refractivity contribution < 1.29 is 0 Å². The number of anilines is 1. The highest BCUT2D eigenvalue weighted by Gasteiger charge is 1.98. The lowest BCUT2D eigenvalue weighted by Crippen LogP contribution is -2.16. The topological polar surface area (TPSA) is 38.0 Å². The smallest absolute Gasteiger partial charge is 0.0545 e. The van der Waals surface area contributed by atoms with Crippen LogP contribution in [0.1, 0.15) is 4.88 Å². The molecule has 2 nitrogen and oxygen atoms in total. The molecule has 0 aliphatic carbocycles. The van der Waals surface area contributed by atoms with E-state index in [9.17, 15) is 0 Å². The SMILES string of the molecule is C#CCSCCNCc1sccc1N. The molecule has 0 aromatic carbocycles. The summed E-state index contributed by atoms with van der Waals surface area (Å²) >= 11 is 3.46. The number of thiophene rings is 1. The van der Waals surface area contributed by atoms with Gasteiger partial charge in [-0.15, -0.1) is 29.5 Å². The van der Waals surface area contributed by atoms with Gasteiger partial charge < -0.3 is 11.1 Å². The van der Waals surface area contributed by atoms with E-state index in [1.807, 2.05) is 11.4 Å². The molecule has 0 radical (unpaired) electrons. The molecule has 1 aromatic rings. The Morgan fingerprint density at radius 3 is 3.14 bits per heavy atom. The van der Waals surface area contributed by atoms with Gasteiger partial charge in [-0.05, 0) is 11.4 Å². The summed E-state index contributed by atoms with van der Waals surface area (Å²) in [5.41, 5.74) is 6.63. The van der Waals surface area contributed by atoms with Gasteiger partial charge in [0, 0.05) is 29.4 Å².